The third-order valence-electron chi connectivity index (χ3n) is 5.09. The molecule has 0 radical (unpaired) electrons. The monoisotopic (exact) mass is 313 g/mol. The molecule has 3 rings (SSSR count). The van der Waals surface area contributed by atoms with Gasteiger partial charge in [0.25, 0.3) is 5.91 Å². The van der Waals surface area contributed by atoms with Crippen LogP contribution >= 0.6 is 0 Å². The maximum Gasteiger partial charge on any atom is 0.262 e. The van der Waals surface area contributed by atoms with Gasteiger partial charge in [0.2, 0.25) is 0 Å². The van der Waals surface area contributed by atoms with E-state index in [9.17, 15) is 9.18 Å². The lowest BCUT2D eigenvalue weighted by molar-refractivity contribution is 0.0802. The molecule has 1 heterocycles. The first-order valence-corrected chi connectivity index (χ1v) is 8.55. The summed E-state index contributed by atoms with van der Waals surface area (Å²) in [6.45, 7) is 8.21. The summed E-state index contributed by atoms with van der Waals surface area (Å²) in [6, 6.07) is 5.02. The largest absolute Gasteiger partial charge is 0.305 e. The minimum atomic E-state index is -0.405. The van der Waals surface area contributed by atoms with Crippen LogP contribution in [-0.2, 0) is 0 Å². The zero-order valence-electron chi connectivity index (χ0n) is 14.0. The van der Waals surface area contributed by atoms with Crippen LogP contribution < -0.4 is 0 Å². The van der Waals surface area contributed by atoms with Crippen LogP contribution in [0.15, 0.2) is 35.9 Å². The standard InChI is InChI=1S/C20H24FNO/c1-4-13(2)11-12-14(3)22-19(15-7-5-8-15)16-9-6-10-17(21)18(16)20(22)23/h6,9-10,14H,2,4-5,7-8,11-12H2,1,3H3. The summed E-state index contributed by atoms with van der Waals surface area (Å²) in [7, 11) is 0. The molecule has 23 heavy (non-hydrogen) atoms. The van der Waals surface area contributed by atoms with Crippen LogP contribution in [0, 0.1) is 5.82 Å². The Balaban J connectivity index is 1.95. The summed E-state index contributed by atoms with van der Waals surface area (Å²) in [5.74, 6) is -0.584. The van der Waals surface area contributed by atoms with E-state index in [2.05, 4.69) is 20.4 Å². The zero-order chi connectivity index (χ0) is 16.6. The Bertz CT molecular complexity index is 683. The highest BCUT2D eigenvalue weighted by Gasteiger charge is 2.39. The summed E-state index contributed by atoms with van der Waals surface area (Å²) < 4.78 is 14.2. The highest BCUT2D eigenvalue weighted by molar-refractivity contribution is 6.10. The quantitative estimate of drug-likeness (QED) is 0.674. The first-order chi connectivity index (χ1) is 11.0. The number of halogens is 1. The molecular weight excluding hydrogens is 289 g/mol. The number of amides is 1. The molecule has 2 nitrogen and oxygen atoms in total. The van der Waals surface area contributed by atoms with Gasteiger partial charge in [0.05, 0.1) is 11.3 Å². The number of carbonyl (C=O) groups excluding carboxylic acids is 1. The van der Waals surface area contributed by atoms with E-state index in [0.29, 0.717) is 0 Å². The van der Waals surface area contributed by atoms with Crippen molar-refractivity contribution in [3.8, 4) is 0 Å². The van der Waals surface area contributed by atoms with Gasteiger partial charge in [-0.25, -0.2) is 4.39 Å². The van der Waals surface area contributed by atoms with Gasteiger partial charge < -0.3 is 4.90 Å². The summed E-state index contributed by atoms with van der Waals surface area (Å²) in [5.41, 5.74) is 4.51. The van der Waals surface area contributed by atoms with Crippen molar-refractivity contribution < 1.29 is 9.18 Å². The molecule has 2 aliphatic rings. The molecule has 1 aromatic rings. The van der Waals surface area contributed by atoms with Crippen molar-refractivity contribution in [3.63, 3.8) is 0 Å². The molecule has 1 saturated carbocycles. The fourth-order valence-corrected chi connectivity index (χ4v) is 3.38. The van der Waals surface area contributed by atoms with E-state index in [-0.39, 0.29) is 17.5 Å². The van der Waals surface area contributed by atoms with Crippen molar-refractivity contribution in [1.29, 1.82) is 0 Å². The SMILES string of the molecule is C=C(CC)CCC(C)N1C(=O)c2c(F)cccc2C1=C1CCC1. The first-order valence-electron chi connectivity index (χ1n) is 8.55. The number of hydrogen-bond donors (Lipinski definition) is 0. The molecule has 1 aromatic carbocycles. The molecule has 1 amide bonds. The van der Waals surface area contributed by atoms with Gasteiger partial charge in [-0.3, -0.25) is 4.79 Å². The summed E-state index contributed by atoms with van der Waals surface area (Å²) in [4.78, 5) is 14.7. The molecule has 3 heteroatoms. The minimum absolute atomic E-state index is 0.0562. The van der Waals surface area contributed by atoms with Crippen molar-refractivity contribution in [2.45, 2.75) is 58.4 Å². The number of carbonyl (C=O) groups is 1. The average Bonchev–Trinajstić information content (AvgIpc) is 2.77. The fraction of sp³-hybridized carbons (Fsp3) is 0.450. The van der Waals surface area contributed by atoms with E-state index < -0.39 is 5.82 Å². The molecule has 0 spiro atoms. The Hall–Kier alpha value is -1.90. The second-order valence-corrected chi connectivity index (χ2v) is 6.63. The van der Waals surface area contributed by atoms with Crippen molar-refractivity contribution in [3.05, 3.63) is 52.9 Å². The number of hydrogen-bond acceptors (Lipinski definition) is 1. The predicted molar refractivity (Wildman–Crippen MR) is 91.5 cm³/mol. The van der Waals surface area contributed by atoms with E-state index in [1.54, 1.807) is 6.07 Å². The van der Waals surface area contributed by atoms with Crippen LogP contribution in [0.3, 0.4) is 0 Å². The van der Waals surface area contributed by atoms with E-state index in [4.69, 9.17) is 0 Å². The van der Waals surface area contributed by atoms with Crippen molar-refractivity contribution in [2.75, 3.05) is 0 Å². The molecule has 122 valence electrons. The maximum absolute atomic E-state index is 14.2. The number of benzene rings is 1. The van der Waals surface area contributed by atoms with Crippen LogP contribution in [0.5, 0.6) is 0 Å². The Labute approximate surface area is 137 Å². The lowest BCUT2D eigenvalue weighted by atomic mass is 9.88. The molecule has 0 saturated heterocycles. The zero-order valence-corrected chi connectivity index (χ0v) is 14.0. The summed E-state index contributed by atoms with van der Waals surface area (Å²) in [5, 5.41) is 0. The number of fused-ring (bicyclic) bond motifs is 1. The molecule has 1 atom stereocenters. The van der Waals surface area contributed by atoms with E-state index in [1.807, 2.05) is 11.0 Å². The topological polar surface area (TPSA) is 20.3 Å². The van der Waals surface area contributed by atoms with Gasteiger partial charge in [-0.1, -0.05) is 31.2 Å². The molecule has 1 aliphatic carbocycles. The third kappa shape index (κ3) is 2.73. The number of allylic oxidation sites excluding steroid dienone is 2. The highest BCUT2D eigenvalue weighted by Crippen LogP contribution is 2.43. The van der Waals surface area contributed by atoms with Crippen molar-refractivity contribution in [2.24, 2.45) is 0 Å². The predicted octanol–water partition coefficient (Wildman–Crippen LogP) is 5.31. The first kappa shape index (κ1) is 16.0. The maximum atomic E-state index is 14.2. The van der Waals surface area contributed by atoms with Crippen molar-refractivity contribution in [1.82, 2.24) is 4.90 Å². The van der Waals surface area contributed by atoms with Crippen LogP contribution in [0.25, 0.3) is 5.70 Å². The van der Waals surface area contributed by atoms with E-state index >= 15 is 0 Å². The molecule has 0 bridgehead atoms. The van der Waals surface area contributed by atoms with Gasteiger partial charge >= 0.3 is 0 Å². The Morgan fingerprint density at radius 3 is 2.74 bits per heavy atom. The van der Waals surface area contributed by atoms with Gasteiger partial charge in [0.15, 0.2) is 0 Å². The van der Waals surface area contributed by atoms with Crippen LogP contribution in [0.2, 0.25) is 0 Å². The molecule has 1 aliphatic heterocycles. The number of nitrogens with zero attached hydrogens (tertiary/aromatic N) is 1. The van der Waals surface area contributed by atoms with Crippen LogP contribution in [0.1, 0.15) is 68.3 Å². The van der Waals surface area contributed by atoms with Gasteiger partial charge in [0.1, 0.15) is 5.82 Å². The Kier molecular flexibility index (Phi) is 4.38. The minimum Gasteiger partial charge on any atom is -0.305 e. The molecule has 1 fully saturated rings. The lowest BCUT2D eigenvalue weighted by Gasteiger charge is -2.31. The smallest absolute Gasteiger partial charge is 0.262 e. The normalized spacial score (nSPS) is 18.0. The van der Waals surface area contributed by atoms with E-state index in [1.165, 1.54) is 17.2 Å². The lowest BCUT2D eigenvalue weighted by Crippen LogP contribution is -2.34. The van der Waals surface area contributed by atoms with Gasteiger partial charge in [-0.15, -0.1) is 0 Å². The highest BCUT2D eigenvalue weighted by atomic mass is 19.1. The van der Waals surface area contributed by atoms with Gasteiger partial charge in [-0.05, 0) is 57.1 Å². The second kappa shape index (κ2) is 6.31. The Morgan fingerprint density at radius 1 is 1.39 bits per heavy atom. The molecule has 1 unspecified atom stereocenters. The molecule has 0 N–H and O–H groups in total. The van der Waals surface area contributed by atoms with E-state index in [0.717, 1.165) is 49.8 Å². The number of rotatable bonds is 5. The van der Waals surface area contributed by atoms with Crippen LogP contribution in [-0.4, -0.2) is 16.8 Å². The average molecular weight is 313 g/mol. The molecule has 0 aromatic heterocycles. The van der Waals surface area contributed by atoms with Crippen molar-refractivity contribution >= 4 is 11.6 Å². The summed E-state index contributed by atoms with van der Waals surface area (Å²) in [6.07, 6.45) is 5.93. The molecular formula is C20H24FNO. The third-order valence-corrected chi connectivity index (χ3v) is 5.09. The van der Waals surface area contributed by atoms with Gasteiger partial charge in [0, 0.05) is 11.6 Å². The fourth-order valence-electron chi connectivity index (χ4n) is 3.38. The Morgan fingerprint density at radius 2 is 2.13 bits per heavy atom. The summed E-state index contributed by atoms with van der Waals surface area (Å²) >= 11 is 0. The van der Waals surface area contributed by atoms with Crippen LogP contribution in [0.4, 0.5) is 4.39 Å². The van der Waals surface area contributed by atoms with Gasteiger partial charge in [-0.2, -0.15) is 0 Å². The second-order valence-electron chi connectivity index (χ2n) is 6.63.